The zero-order valence-corrected chi connectivity index (χ0v) is 27.0. The summed E-state index contributed by atoms with van der Waals surface area (Å²) in [5, 5.41) is 11.7. The molecule has 1 aromatic heterocycles. The highest BCUT2D eigenvalue weighted by molar-refractivity contribution is 5.97. The van der Waals surface area contributed by atoms with Crippen molar-refractivity contribution in [1.29, 1.82) is 0 Å². The van der Waals surface area contributed by atoms with Crippen molar-refractivity contribution < 1.29 is 18.7 Å². The van der Waals surface area contributed by atoms with Gasteiger partial charge in [-0.3, -0.25) is 9.69 Å². The molecule has 2 aromatic rings. The molecule has 43 heavy (non-hydrogen) atoms. The van der Waals surface area contributed by atoms with E-state index < -0.39 is 5.82 Å². The molecule has 2 fully saturated rings. The van der Waals surface area contributed by atoms with Crippen molar-refractivity contribution in [3.05, 3.63) is 35.9 Å². The normalized spacial score (nSPS) is 17.2. The number of halogens is 1. The molecule has 0 bridgehead atoms. The first-order valence-corrected chi connectivity index (χ1v) is 15.7. The average Bonchev–Trinajstić information content (AvgIpc) is 3.38. The number of nitrogens with one attached hydrogen (secondary N) is 1. The molecule has 238 valence electrons. The summed E-state index contributed by atoms with van der Waals surface area (Å²) < 4.78 is 25.7. The van der Waals surface area contributed by atoms with Gasteiger partial charge < -0.3 is 24.6 Å². The van der Waals surface area contributed by atoms with Crippen LogP contribution in [0, 0.1) is 17.2 Å². The minimum atomic E-state index is -0.501. The molecule has 1 N–H and O–H groups in total. The molecular formula is C32H50FN7O3. The highest BCUT2D eigenvalue weighted by atomic mass is 19.1. The van der Waals surface area contributed by atoms with Gasteiger partial charge in [0.15, 0.2) is 5.82 Å². The lowest BCUT2D eigenvalue weighted by Gasteiger charge is -2.53. The zero-order chi connectivity index (χ0) is 31.1. The largest absolute Gasteiger partial charge is 0.434 e. The van der Waals surface area contributed by atoms with Crippen LogP contribution in [0.15, 0.2) is 24.5 Å². The summed E-state index contributed by atoms with van der Waals surface area (Å²) in [5.74, 6) is 0.853. The molecule has 2 saturated heterocycles. The zero-order valence-electron chi connectivity index (χ0n) is 27.0. The predicted molar refractivity (Wildman–Crippen MR) is 166 cm³/mol. The minimum Gasteiger partial charge on any atom is -0.434 e. The van der Waals surface area contributed by atoms with Gasteiger partial charge in [-0.25, -0.2) is 9.37 Å². The van der Waals surface area contributed by atoms with E-state index in [0.29, 0.717) is 17.8 Å². The summed E-state index contributed by atoms with van der Waals surface area (Å²) in [4.78, 5) is 24.6. The lowest BCUT2D eigenvalue weighted by atomic mass is 9.76. The molecule has 11 heteroatoms. The predicted octanol–water partition coefficient (Wildman–Crippen LogP) is 4.61. The standard InChI is InChI=1S/C32H50FN7O3/c1-22(2)27(9-8-13-34-14-16-42-7)39-19-32(20-39)12-15-38(18-32)29-30(37-36-21-35-29)43-28-11-10-25(33)17-26(28)31(41)40(23(3)4)24(5)6/h10-11,17,21-24,27,34H,8-9,12-16,18-20H2,1-7H3. The van der Waals surface area contributed by atoms with Crippen LogP contribution in [-0.4, -0.2) is 102 Å². The number of hydrogen-bond donors (Lipinski definition) is 1. The van der Waals surface area contributed by atoms with Crippen LogP contribution in [0.3, 0.4) is 0 Å². The minimum absolute atomic E-state index is 0.0620. The maximum absolute atomic E-state index is 14.4. The Hall–Kier alpha value is -2.89. The molecule has 10 nitrogen and oxygen atoms in total. The second-order valence-electron chi connectivity index (χ2n) is 13.0. The van der Waals surface area contributed by atoms with Crippen LogP contribution in [0.2, 0.25) is 0 Å². The maximum atomic E-state index is 14.4. The summed E-state index contributed by atoms with van der Waals surface area (Å²) in [5.41, 5.74) is 0.359. The van der Waals surface area contributed by atoms with Crippen LogP contribution < -0.4 is 15.0 Å². The third-order valence-corrected chi connectivity index (χ3v) is 8.69. The number of carbonyl (C=O) groups is 1. The molecular weight excluding hydrogens is 549 g/mol. The number of aromatic nitrogens is 3. The first kappa shape index (κ1) is 33.0. The second-order valence-corrected chi connectivity index (χ2v) is 13.0. The number of nitrogens with zero attached hydrogens (tertiary/aromatic N) is 6. The van der Waals surface area contributed by atoms with Crippen LogP contribution in [-0.2, 0) is 4.74 Å². The molecule has 0 aliphatic carbocycles. The van der Waals surface area contributed by atoms with E-state index in [4.69, 9.17) is 9.47 Å². The molecule has 1 spiro atoms. The van der Waals surface area contributed by atoms with Crippen molar-refractivity contribution in [2.75, 3.05) is 57.9 Å². The summed E-state index contributed by atoms with van der Waals surface area (Å²) >= 11 is 0. The molecule has 2 aliphatic heterocycles. The van der Waals surface area contributed by atoms with Gasteiger partial charge in [-0.05, 0) is 77.6 Å². The molecule has 1 unspecified atom stereocenters. The van der Waals surface area contributed by atoms with E-state index in [-0.39, 0.29) is 40.6 Å². The Morgan fingerprint density at radius 2 is 1.86 bits per heavy atom. The summed E-state index contributed by atoms with van der Waals surface area (Å²) in [7, 11) is 1.73. The molecule has 1 amide bonds. The van der Waals surface area contributed by atoms with E-state index in [2.05, 4.69) is 44.1 Å². The molecule has 2 aliphatic rings. The van der Waals surface area contributed by atoms with Crippen LogP contribution >= 0.6 is 0 Å². The van der Waals surface area contributed by atoms with Crippen LogP contribution in [0.5, 0.6) is 11.6 Å². The molecule has 4 rings (SSSR count). The van der Waals surface area contributed by atoms with Crippen LogP contribution in [0.25, 0.3) is 0 Å². The quantitative estimate of drug-likeness (QED) is 0.294. The fourth-order valence-electron chi connectivity index (χ4n) is 6.71. The number of carbonyl (C=O) groups excluding carboxylic acids is 1. The van der Waals surface area contributed by atoms with Gasteiger partial charge in [-0.1, -0.05) is 13.8 Å². The third kappa shape index (κ3) is 7.99. The van der Waals surface area contributed by atoms with Crippen molar-refractivity contribution in [3.63, 3.8) is 0 Å². The number of amides is 1. The van der Waals surface area contributed by atoms with Crippen molar-refractivity contribution in [2.45, 2.75) is 78.9 Å². The Labute approximate surface area is 256 Å². The molecule has 1 aromatic carbocycles. The number of anilines is 1. The Kier molecular flexibility index (Phi) is 11.3. The smallest absolute Gasteiger partial charge is 0.282 e. The van der Waals surface area contributed by atoms with Gasteiger partial charge in [-0.2, -0.15) is 0 Å². The van der Waals surface area contributed by atoms with Crippen molar-refractivity contribution in [2.24, 2.45) is 11.3 Å². The molecule has 0 saturated carbocycles. The maximum Gasteiger partial charge on any atom is 0.282 e. The first-order valence-electron chi connectivity index (χ1n) is 15.7. The number of methoxy groups -OCH3 is 1. The monoisotopic (exact) mass is 599 g/mol. The van der Waals surface area contributed by atoms with E-state index in [9.17, 15) is 9.18 Å². The number of rotatable bonds is 15. The van der Waals surface area contributed by atoms with Gasteiger partial charge >= 0.3 is 0 Å². The number of ether oxygens (including phenoxy) is 2. The van der Waals surface area contributed by atoms with Crippen molar-refractivity contribution >= 4 is 11.7 Å². The molecule has 0 radical (unpaired) electrons. The van der Waals surface area contributed by atoms with Gasteiger partial charge in [0.1, 0.15) is 17.9 Å². The Morgan fingerprint density at radius 3 is 2.53 bits per heavy atom. The highest BCUT2D eigenvalue weighted by Gasteiger charge is 2.50. The first-order chi connectivity index (χ1) is 20.5. The van der Waals surface area contributed by atoms with Gasteiger partial charge in [0, 0.05) is 63.4 Å². The van der Waals surface area contributed by atoms with E-state index in [1.54, 1.807) is 12.0 Å². The average molecular weight is 600 g/mol. The molecule has 1 atom stereocenters. The summed E-state index contributed by atoms with van der Waals surface area (Å²) in [6.45, 7) is 18.9. The van der Waals surface area contributed by atoms with E-state index >= 15 is 0 Å². The lowest BCUT2D eigenvalue weighted by molar-refractivity contribution is -0.0339. The van der Waals surface area contributed by atoms with Gasteiger partial charge in [0.2, 0.25) is 0 Å². The van der Waals surface area contributed by atoms with Crippen molar-refractivity contribution in [1.82, 2.24) is 30.3 Å². The third-order valence-electron chi connectivity index (χ3n) is 8.69. The van der Waals surface area contributed by atoms with Crippen LogP contribution in [0.4, 0.5) is 10.2 Å². The lowest BCUT2D eigenvalue weighted by Crippen LogP contribution is -2.62. The Morgan fingerprint density at radius 1 is 1.12 bits per heavy atom. The van der Waals surface area contributed by atoms with Gasteiger partial charge in [0.05, 0.1) is 12.2 Å². The Balaban J connectivity index is 1.43. The summed E-state index contributed by atoms with van der Waals surface area (Å²) in [6, 6.07) is 4.44. The summed E-state index contributed by atoms with van der Waals surface area (Å²) in [6.07, 6.45) is 4.81. The van der Waals surface area contributed by atoms with Crippen LogP contribution in [0.1, 0.15) is 71.2 Å². The van der Waals surface area contributed by atoms with E-state index in [1.807, 2.05) is 27.7 Å². The van der Waals surface area contributed by atoms with E-state index in [1.165, 1.54) is 30.9 Å². The fourth-order valence-corrected chi connectivity index (χ4v) is 6.71. The Bertz CT molecular complexity index is 1200. The topological polar surface area (TPSA) is 96.0 Å². The fraction of sp³-hybridized carbons (Fsp3) is 0.688. The number of benzene rings is 1. The van der Waals surface area contributed by atoms with Gasteiger partial charge in [0.25, 0.3) is 11.8 Å². The second kappa shape index (κ2) is 14.7. The van der Waals surface area contributed by atoms with E-state index in [0.717, 1.165) is 58.7 Å². The number of likely N-dealkylation sites (tertiary alicyclic amines) is 1. The van der Waals surface area contributed by atoms with Crippen molar-refractivity contribution in [3.8, 4) is 11.6 Å². The molecule has 3 heterocycles. The SMILES string of the molecule is COCCNCCCC(C(C)C)N1CC2(CCN(c3ncnnc3Oc3ccc(F)cc3C(=O)N(C(C)C)C(C)C)C2)C1. The highest BCUT2D eigenvalue weighted by Crippen LogP contribution is 2.44. The number of hydrogen-bond acceptors (Lipinski definition) is 9. The van der Waals surface area contributed by atoms with Gasteiger partial charge in [-0.15, -0.1) is 10.2 Å².